The summed E-state index contributed by atoms with van der Waals surface area (Å²) in [5.41, 5.74) is -0.804. The minimum absolute atomic E-state index is 0.1000. The van der Waals surface area contributed by atoms with Gasteiger partial charge in [-0.3, -0.25) is 4.72 Å². The number of sulfonamides is 1. The normalized spacial score (nSPS) is 14.3. The van der Waals surface area contributed by atoms with Crippen LogP contribution in [-0.4, -0.2) is 24.6 Å². The van der Waals surface area contributed by atoms with E-state index in [2.05, 4.69) is 0 Å². The second-order valence-corrected chi connectivity index (χ2v) is 7.90. The van der Waals surface area contributed by atoms with Gasteiger partial charge in [0.25, 0.3) is 10.0 Å². The number of nitrogens with one attached hydrogen (secondary N) is 1. The Balaban J connectivity index is 2.05. The third kappa shape index (κ3) is 3.45. The van der Waals surface area contributed by atoms with Crippen LogP contribution in [0.2, 0.25) is 5.02 Å². The molecule has 0 aromatic heterocycles. The Kier molecular flexibility index (Phi) is 4.53. The molecular formula is C16H12ClF2NO5S. The molecule has 3 rings (SSSR count). The predicted octanol–water partition coefficient (Wildman–Crippen LogP) is 3.70. The van der Waals surface area contributed by atoms with Gasteiger partial charge in [-0.15, -0.1) is 0 Å². The highest BCUT2D eigenvalue weighted by Gasteiger charge is 2.29. The summed E-state index contributed by atoms with van der Waals surface area (Å²) in [5.74, 6) is -4.36. The minimum Gasteiger partial charge on any atom is -0.505 e. The Morgan fingerprint density at radius 1 is 1.15 bits per heavy atom. The number of hydrogen-bond donors (Lipinski definition) is 3. The van der Waals surface area contributed by atoms with E-state index >= 15 is 0 Å². The third-order valence-corrected chi connectivity index (χ3v) is 5.58. The number of phenols is 1. The van der Waals surface area contributed by atoms with E-state index in [0.717, 1.165) is 12.1 Å². The third-order valence-electron chi connectivity index (χ3n) is 3.91. The lowest BCUT2D eigenvalue weighted by Gasteiger charge is -2.13. The molecule has 2 aromatic carbocycles. The molecule has 0 unspecified atom stereocenters. The number of carboxylic acid groups (broad SMARTS) is 1. The molecular weight excluding hydrogens is 392 g/mol. The molecule has 138 valence electrons. The van der Waals surface area contributed by atoms with Crippen LogP contribution in [0.5, 0.6) is 5.75 Å². The van der Waals surface area contributed by atoms with Crippen LogP contribution in [0.15, 0.2) is 29.2 Å². The van der Waals surface area contributed by atoms with Crippen LogP contribution in [0, 0.1) is 11.6 Å². The van der Waals surface area contributed by atoms with Gasteiger partial charge in [-0.1, -0.05) is 11.6 Å². The molecule has 6 nitrogen and oxygen atoms in total. The van der Waals surface area contributed by atoms with E-state index in [0.29, 0.717) is 25.0 Å². The van der Waals surface area contributed by atoms with Crippen molar-refractivity contribution in [3.63, 3.8) is 0 Å². The van der Waals surface area contributed by atoms with Gasteiger partial charge in [0.1, 0.15) is 16.5 Å². The lowest BCUT2D eigenvalue weighted by molar-refractivity contribution is 0.0696. The molecule has 1 aliphatic rings. The molecule has 26 heavy (non-hydrogen) atoms. The Morgan fingerprint density at radius 2 is 1.81 bits per heavy atom. The second kappa shape index (κ2) is 6.40. The molecule has 0 aliphatic heterocycles. The Hall–Kier alpha value is -2.39. The Morgan fingerprint density at radius 3 is 2.38 bits per heavy atom. The first-order valence-electron chi connectivity index (χ1n) is 7.37. The molecule has 0 radical (unpaired) electrons. The number of hydrogen-bond acceptors (Lipinski definition) is 4. The molecule has 10 heteroatoms. The second-order valence-electron chi connectivity index (χ2n) is 5.84. The number of rotatable bonds is 5. The molecule has 1 aliphatic carbocycles. The van der Waals surface area contributed by atoms with E-state index in [4.69, 9.17) is 16.7 Å². The highest BCUT2D eigenvalue weighted by molar-refractivity contribution is 7.92. The van der Waals surface area contributed by atoms with Crippen molar-refractivity contribution < 1.29 is 32.2 Å². The molecule has 3 N–H and O–H groups in total. The fraction of sp³-hybridized carbons (Fsp3) is 0.188. The van der Waals surface area contributed by atoms with Crippen LogP contribution >= 0.6 is 11.6 Å². The van der Waals surface area contributed by atoms with Gasteiger partial charge in [0.2, 0.25) is 0 Å². The fourth-order valence-electron chi connectivity index (χ4n) is 2.45. The average Bonchev–Trinajstić information content (AvgIpc) is 3.36. The zero-order valence-corrected chi connectivity index (χ0v) is 14.5. The fourth-order valence-corrected chi connectivity index (χ4v) is 3.93. The van der Waals surface area contributed by atoms with Crippen molar-refractivity contribution in [2.75, 3.05) is 4.72 Å². The van der Waals surface area contributed by atoms with Crippen molar-refractivity contribution >= 4 is 33.3 Å². The van der Waals surface area contributed by atoms with Gasteiger partial charge in [-0.2, -0.15) is 0 Å². The van der Waals surface area contributed by atoms with Gasteiger partial charge >= 0.3 is 5.97 Å². The van der Waals surface area contributed by atoms with Crippen molar-refractivity contribution in [3.8, 4) is 5.75 Å². The number of benzene rings is 2. The van der Waals surface area contributed by atoms with Crippen molar-refractivity contribution in [2.45, 2.75) is 23.7 Å². The number of carbonyl (C=O) groups is 1. The van der Waals surface area contributed by atoms with Crippen LogP contribution in [0.3, 0.4) is 0 Å². The minimum atomic E-state index is -4.59. The van der Waals surface area contributed by atoms with Crippen LogP contribution in [0.1, 0.15) is 34.7 Å². The highest BCUT2D eigenvalue weighted by Crippen LogP contribution is 2.43. The average molecular weight is 404 g/mol. The molecule has 1 saturated carbocycles. The molecule has 2 aromatic rings. The summed E-state index contributed by atoms with van der Waals surface area (Å²) in [7, 11) is -4.59. The van der Waals surface area contributed by atoms with Crippen LogP contribution < -0.4 is 4.72 Å². The molecule has 0 amide bonds. The summed E-state index contributed by atoms with van der Waals surface area (Å²) in [4.78, 5) is 10.2. The van der Waals surface area contributed by atoms with Crippen molar-refractivity contribution in [1.82, 2.24) is 0 Å². The smallest absolute Gasteiger partial charge is 0.335 e. The summed E-state index contributed by atoms with van der Waals surface area (Å²) < 4.78 is 54.7. The molecule has 1 fully saturated rings. The van der Waals surface area contributed by atoms with E-state index in [9.17, 15) is 27.1 Å². The van der Waals surface area contributed by atoms with Gasteiger partial charge in [0, 0.05) is 6.07 Å². The standard InChI is InChI=1S/C16H12ClF2NO5S/c17-10-3-8(16(22)23)4-14(15(10)21)26(24,25)20-13-5-9(7-1-2-7)11(18)6-12(13)19/h3-7,20-21H,1-2H2,(H,22,23). The molecule has 0 heterocycles. The van der Waals surface area contributed by atoms with Crippen molar-refractivity contribution in [2.24, 2.45) is 0 Å². The van der Waals surface area contributed by atoms with Gasteiger partial charge in [0.15, 0.2) is 5.75 Å². The number of aromatic hydroxyl groups is 1. The van der Waals surface area contributed by atoms with E-state index in [1.807, 2.05) is 4.72 Å². The number of phenolic OH excluding ortho intramolecular Hbond substituents is 1. The van der Waals surface area contributed by atoms with Gasteiger partial charge < -0.3 is 10.2 Å². The maximum Gasteiger partial charge on any atom is 0.335 e. The lowest BCUT2D eigenvalue weighted by atomic mass is 10.1. The number of carboxylic acids is 1. The SMILES string of the molecule is O=C(O)c1cc(Cl)c(O)c(S(=O)(=O)Nc2cc(C3CC3)c(F)cc2F)c1. The van der Waals surface area contributed by atoms with Gasteiger partial charge in [-0.25, -0.2) is 22.0 Å². The van der Waals surface area contributed by atoms with Gasteiger partial charge in [-0.05, 0) is 42.5 Å². The Labute approximate surface area is 152 Å². The first-order chi connectivity index (χ1) is 12.1. The first kappa shape index (κ1) is 18.4. The maximum atomic E-state index is 14.0. The molecule has 0 bridgehead atoms. The first-order valence-corrected chi connectivity index (χ1v) is 9.24. The summed E-state index contributed by atoms with van der Waals surface area (Å²) in [6.45, 7) is 0. The summed E-state index contributed by atoms with van der Waals surface area (Å²) >= 11 is 5.67. The lowest BCUT2D eigenvalue weighted by Crippen LogP contribution is -2.15. The summed E-state index contributed by atoms with van der Waals surface area (Å²) in [6, 6.07) is 3.20. The van der Waals surface area contributed by atoms with Crippen LogP contribution in [0.25, 0.3) is 0 Å². The van der Waals surface area contributed by atoms with E-state index in [-0.39, 0.29) is 11.5 Å². The number of halogens is 3. The topological polar surface area (TPSA) is 104 Å². The van der Waals surface area contributed by atoms with E-state index < -0.39 is 54.5 Å². The van der Waals surface area contributed by atoms with E-state index in [1.54, 1.807) is 0 Å². The quantitative estimate of drug-likeness (QED) is 0.706. The largest absolute Gasteiger partial charge is 0.505 e. The zero-order chi connectivity index (χ0) is 19.2. The number of aromatic carboxylic acids is 1. The maximum absolute atomic E-state index is 14.0. The molecule has 0 atom stereocenters. The van der Waals surface area contributed by atoms with Crippen molar-refractivity contribution in [3.05, 3.63) is 52.0 Å². The predicted molar refractivity (Wildman–Crippen MR) is 89.2 cm³/mol. The van der Waals surface area contributed by atoms with Crippen LogP contribution in [-0.2, 0) is 10.0 Å². The Bertz CT molecular complexity index is 1020. The molecule has 0 saturated heterocycles. The zero-order valence-electron chi connectivity index (χ0n) is 13.0. The van der Waals surface area contributed by atoms with Crippen LogP contribution in [0.4, 0.5) is 14.5 Å². The summed E-state index contributed by atoms with van der Waals surface area (Å²) in [5, 5.41) is 18.4. The molecule has 0 spiro atoms. The van der Waals surface area contributed by atoms with Crippen molar-refractivity contribution in [1.29, 1.82) is 0 Å². The summed E-state index contributed by atoms with van der Waals surface area (Å²) in [6.07, 6.45) is 1.43. The number of anilines is 1. The van der Waals surface area contributed by atoms with E-state index in [1.165, 1.54) is 0 Å². The van der Waals surface area contributed by atoms with Gasteiger partial charge in [0.05, 0.1) is 16.3 Å². The monoisotopic (exact) mass is 403 g/mol. The highest BCUT2D eigenvalue weighted by atomic mass is 35.5.